The molecule has 0 N–H and O–H groups in total. The summed E-state index contributed by atoms with van der Waals surface area (Å²) in [4.78, 5) is 0.609. The summed E-state index contributed by atoms with van der Waals surface area (Å²) in [6.07, 6.45) is 2.28. The Morgan fingerprint density at radius 3 is 2.64 bits per heavy atom. The summed E-state index contributed by atoms with van der Waals surface area (Å²) in [6, 6.07) is 2.17. The Labute approximate surface area is 94.8 Å². The van der Waals surface area contributed by atoms with Crippen molar-refractivity contribution in [3.8, 4) is 0 Å². The second kappa shape index (κ2) is 4.96. The van der Waals surface area contributed by atoms with Crippen LogP contribution in [-0.4, -0.2) is 14.6 Å². The van der Waals surface area contributed by atoms with Gasteiger partial charge in [0.05, 0.1) is 5.69 Å². The van der Waals surface area contributed by atoms with Crippen molar-refractivity contribution in [3.63, 3.8) is 0 Å². The molecule has 2 nitrogen and oxygen atoms in total. The molecule has 0 aliphatic rings. The van der Waals surface area contributed by atoms with Crippen LogP contribution in [0.3, 0.4) is 0 Å². The Morgan fingerprint density at radius 2 is 2.21 bits per heavy atom. The van der Waals surface area contributed by atoms with Crippen molar-refractivity contribution < 1.29 is 0 Å². The minimum atomic E-state index is 0.609. The van der Waals surface area contributed by atoms with Crippen molar-refractivity contribution in [2.45, 2.75) is 38.4 Å². The zero-order chi connectivity index (χ0) is 10.7. The summed E-state index contributed by atoms with van der Waals surface area (Å²) in [7, 11) is 2.02. The van der Waals surface area contributed by atoms with Crippen LogP contribution < -0.4 is 0 Å². The predicted molar refractivity (Wildman–Crippen MR) is 63.8 cm³/mol. The van der Waals surface area contributed by atoms with Crippen molar-refractivity contribution in [2.24, 2.45) is 13.0 Å². The molecule has 0 bridgehead atoms. The van der Waals surface area contributed by atoms with Crippen LogP contribution in [0.25, 0.3) is 0 Å². The highest BCUT2D eigenvalue weighted by Gasteiger charge is 2.14. The van der Waals surface area contributed by atoms with Crippen molar-refractivity contribution in [2.75, 3.05) is 0 Å². The lowest BCUT2D eigenvalue weighted by atomic mass is 10.00. The minimum Gasteiger partial charge on any atom is -0.272 e. The molecule has 0 aliphatic carbocycles. The summed E-state index contributed by atoms with van der Waals surface area (Å²) < 4.78 is 1.99. The maximum atomic E-state index is 4.35. The molecule has 2 unspecified atom stereocenters. The van der Waals surface area contributed by atoms with Crippen LogP contribution in [0, 0.1) is 12.8 Å². The second-order valence-electron chi connectivity index (χ2n) is 4.01. The van der Waals surface area contributed by atoms with Gasteiger partial charge < -0.3 is 0 Å². The predicted octanol–water partition coefficient (Wildman–Crippen LogP) is 3.08. The molecule has 0 saturated carbocycles. The van der Waals surface area contributed by atoms with Crippen LogP contribution in [-0.2, 0) is 13.5 Å². The van der Waals surface area contributed by atoms with E-state index in [1.165, 1.54) is 12.1 Å². The number of hydrogen-bond acceptors (Lipinski definition) is 1. The summed E-state index contributed by atoms with van der Waals surface area (Å²) in [5.74, 6) is 0.662. The number of nitrogens with zero attached hydrogens (tertiary/aromatic N) is 2. The van der Waals surface area contributed by atoms with E-state index < -0.39 is 0 Å². The third-order valence-electron chi connectivity index (χ3n) is 2.64. The van der Waals surface area contributed by atoms with Gasteiger partial charge in [-0.15, -0.1) is 0 Å². The van der Waals surface area contributed by atoms with E-state index in [9.17, 15) is 0 Å². The number of aryl methyl sites for hydroxylation is 2. The molecule has 0 spiro atoms. The monoisotopic (exact) mass is 258 g/mol. The molecule has 0 saturated heterocycles. The van der Waals surface area contributed by atoms with Gasteiger partial charge in [-0.3, -0.25) is 4.68 Å². The van der Waals surface area contributed by atoms with Crippen molar-refractivity contribution in [1.29, 1.82) is 0 Å². The topological polar surface area (TPSA) is 17.8 Å². The average Bonchev–Trinajstić information content (AvgIpc) is 2.44. The average molecular weight is 259 g/mol. The van der Waals surface area contributed by atoms with Crippen LogP contribution in [0.5, 0.6) is 0 Å². The fourth-order valence-electron chi connectivity index (χ4n) is 1.72. The largest absolute Gasteiger partial charge is 0.272 e. The molecule has 1 aromatic rings. The van der Waals surface area contributed by atoms with E-state index >= 15 is 0 Å². The molecule has 80 valence electrons. The van der Waals surface area contributed by atoms with Crippen LogP contribution in [0.15, 0.2) is 6.07 Å². The molecule has 2 atom stereocenters. The van der Waals surface area contributed by atoms with Crippen LogP contribution in [0.1, 0.15) is 31.7 Å². The van der Waals surface area contributed by atoms with Crippen LogP contribution in [0.2, 0.25) is 0 Å². The van der Waals surface area contributed by atoms with Crippen LogP contribution in [0.4, 0.5) is 0 Å². The lowest BCUT2D eigenvalue weighted by Crippen LogP contribution is -2.14. The molecule has 3 heteroatoms. The fraction of sp³-hybridized carbons (Fsp3) is 0.727. The van der Waals surface area contributed by atoms with Crippen molar-refractivity contribution in [1.82, 2.24) is 9.78 Å². The van der Waals surface area contributed by atoms with Gasteiger partial charge >= 0.3 is 0 Å². The van der Waals surface area contributed by atoms with E-state index in [1.807, 2.05) is 18.7 Å². The van der Waals surface area contributed by atoms with Gasteiger partial charge in [0.2, 0.25) is 0 Å². The third kappa shape index (κ3) is 2.84. The maximum absolute atomic E-state index is 4.35. The lowest BCUT2D eigenvalue weighted by Gasteiger charge is -2.16. The summed E-state index contributed by atoms with van der Waals surface area (Å²) in [5, 5.41) is 4.35. The molecule has 0 radical (unpaired) electrons. The number of alkyl halides is 1. The van der Waals surface area contributed by atoms with Crippen LogP contribution >= 0.6 is 15.9 Å². The lowest BCUT2D eigenvalue weighted by molar-refractivity contribution is 0.522. The Hall–Kier alpha value is -0.310. The molecule has 14 heavy (non-hydrogen) atoms. The van der Waals surface area contributed by atoms with Gasteiger partial charge in [-0.1, -0.05) is 29.8 Å². The van der Waals surface area contributed by atoms with Gasteiger partial charge in [0.1, 0.15) is 0 Å². The molecule has 0 fully saturated rings. The maximum Gasteiger partial charge on any atom is 0.0596 e. The Kier molecular flexibility index (Phi) is 4.17. The van der Waals surface area contributed by atoms with E-state index in [1.54, 1.807) is 0 Å². The summed E-state index contributed by atoms with van der Waals surface area (Å²) in [6.45, 7) is 6.54. The van der Waals surface area contributed by atoms with Gasteiger partial charge in [0.25, 0.3) is 0 Å². The number of halogens is 1. The van der Waals surface area contributed by atoms with E-state index in [2.05, 4.69) is 40.9 Å². The standard InChI is InChI=1S/C11H19BrN2/c1-5-11(12)8(2)6-10-7-9(3)13-14(10)4/h7-8,11H,5-6H2,1-4H3. The third-order valence-corrected chi connectivity index (χ3v) is 4.19. The summed E-state index contributed by atoms with van der Waals surface area (Å²) in [5.41, 5.74) is 2.44. The molecule has 0 amide bonds. The molecular formula is C11H19BrN2. The van der Waals surface area contributed by atoms with Gasteiger partial charge in [-0.25, -0.2) is 0 Å². The van der Waals surface area contributed by atoms with Crippen molar-refractivity contribution >= 4 is 15.9 Å². The van der Waals surface area contributed by atoms with Gasteiger partial charge in [0.15, 0.2) is 0 Å². The first kappa shape index (κ1) is 11.8. The van der Waals surface area contributed by atoms with Gasteiger partial charge in [-0.05, 0) is 31.7 Å². The van der Waals surface area contributed by atoms with E-state index in [4.69, 9.17) is 0 Å². The highest BCUT2D eigenvalue weighted by atomic mass is 79.9. The zero-order valence-electron chi connectivity index (χ0n) is 9.42. The van der Waals surface area contributed by atoms with Crippen molar-refractivity contribution in [3.05, 3.63) is 17.5 Å². The fourth-order valence-corrected chi connectivity index (χ4v) is 1.90. The Bertz CT molecular complexity index is 293. The number of rotatable bonds is 4. The Morgan fingerprint density at radius 1 is 1.57 bits per heavy atom. The highest BCUT2D eigenvalue weighted by molar-refractivity contribution is 9.09. The molecular weight excluding hydrogens is 240 g/mol. The molecule has 1 rings (SSSR count). The van der Waals surface area contributed by atoms with E-state index in [0.717, 1.165) is 12.1 Å². The minimum absolute atomic E-state index is 0.609. The molecule has 0 aliphatic heterocycles. The first-order chi connectivity index (χ1) is 6.54. The van der Waals surface area contributed by atoms with Gasteiger partial charge in [0, 0.05) is 17.6 Å². The second-order valence-corrected chi connectivity index (χ2v) is 5.18. The van der Waals surface area contributed by atoms with E-state index in [-0.39, 0.29) is 0 Å². The SMILES string of the molecule is CCC(Br)C(C)Cc1cc(C)nn1C. The first-order valence-electron chi connectivity index (χ1n) is 5.18. The quantitative estimate of drug-likeness (QED) is 0.760. The highest BCUT2D eigenvalue weighted by Crippen LogP contribution is 2.20. The molecule has 1 heterocycles. The zero-order valence-corrected chi connectivity index (χ0v) is 11.0. The normalized spacial score (nSPS) is 15.5. The smallest absolute Gasteiger partial charge is 0.0596 e. The number of hydrogen-bond donors (Lipinski definition) is 0. The Balaban J connectivity index is 2.64. The summed E-state index contributed by atoms with van der Waals surface area (Å²) >= 11 is 3.70. The molecule has 0 aromatic carbocycles. The van der Waals surface area contributed by atoms with Gasteiger partial charge in [-0.2, -0.15) is 5.10 Å². The van der Waals surface area contributed by atoms with E-state index in [0.29, 0.717) is 10.7 Å². The number of aromatic nitrogens is 2. The molecule has 1 aromatic heterocycles. The first-order valence-corrected chi connectivity index (χ1v) is 6.09.